The second kappa shape index (κ2) is 9.09. The first-order chi connectivity index (χ1) is 11.0. The molecule has 0 fully saturated rings. The van der Waals surface area contributed by atoms with Gasteiger partial charge in [0.15, 0.2) is 0 Å². The number of benzene rings is 2. The number of non-ortho nitro benzene ring substituents is 1. The molecular weight excluding hydrogens is 349 g/mol. The Balaban J connectivity index is 0.00000288. The molecule has 0 heterocycles. The van der Waals surface area contributed by atoms with Gasteiger partial charge in [-0.3, -0.25) is 10.1 Å². The summed E-state index contributed by atoms with van der Waals surface area (Å²) in [6, 6.07) is 9.17. The van der Waals surface area contributed by atoms with Gasteiger partial charge >= 0.3 is 6.61 Å². The standard InChI is InChI=1S/C15H13F3N2O3.ClH/c16-12-3-1-10(2-4-12)8-19-9-11-7-13(20(21)22)5-6-14(11)23-15(17)18;/h1-7,15,19H,8-9H2;1H. The second-order valence-electron chi connectivity index (χ2n) is 4.66. The van der Waals surface area contributed by atoms with Crippen molar-refractivity contribution < 1.29 is 22.8 Å². The Morgan fingerprint density at radius 3 is 2.38 bits per heavy atom. The molecular formula is C15H14ClF3N2O3. The monoisotopic (exact) mass is 362 g/mol. The summed E-state index contributed by atoms with van der Waals surface area (Å²) < 4.78 is 41.9. The maximum absolute atomic E-state index is 12.8. The average molecular weight is 363 g/mol. The van der Waals surface area contributed by atoms with Crippen LogP contribution in [0.1, 0.15) is 11.1 Å². The predicted octanol–water partition coefficient (Wildman–Crippen LogP) is 4.05. The minimum absolute atomic E-state index is 0. The summed E-state index contributed by atoms with van der Waals surface area (Å²) in [6.45, 7) is -2.59. The van der Waals surface area contributed by atoms with Crippen molar-refractivity contribution in [3.63, 3.8) is 0 Å². The van der Waals surface area contributed by atoms with Crippen molar-refractivity contribution in [2.24, 2.45) is 0 Å². The average Bonchev–Trinajstić information content (AvgIpc) is 2.50. The summed E-state index contributed by atoms with van der Waals surface area (Å²) in [5, 5.41) is 13.7. The summed E-state index contributed by atoms with van der Waals surface area (Å²) in [6.07, 6.45) is 0. The Kier molecular flexibility index (Phi) is 7.47. The maximum atomic E-state index is 12.8. The van der Waals surface area contributed by atoms with Crippen LogP contribution in [0, 0.1) is 15.9 Å². The van der Waals surface area contributed by atoms with Crippen LogP contribution in [0.5, 0.6) is 5.75 Å². The Morgan fingerprint density at radius 2 is 1.79 bits per heavy atom. The van der Waals surface area contributed by atoms with E-state index in [0.29, 0.717) is 6.54 Å². The summed E-state index contributed by atoms with van der Waals surface area (Å²) >= 11 is 0. The van der Waals surface area contributed by atoms with Crippen LogP contribution in [0.4, 0.5) is 18.9 Å². The molecule has 0 aliphatic rings. The van der Waals surface area contributed by atoms with E-state index in [1.807, 2.05) is 0 Å². The molecule has 0 saturated carbocycles. The van der Waals surface area contributed by atoms with Crippen LogP contribution in [0.2, 0.25) is 0 Å². The van der Waals surface area contributed by atoms with E-state index in [2.05, 4.69) is 10.1 Å². The van der Waals surface area contributed by atoms with E-state index in [9.17, 15) is 23.3 Å². The van der Waals surface area contributed by atoms with Gasteiger partial charge < -0.3 is 10.1 Å². The lowest BCUT2D eigenvalue weighted by atomic mass is 10.1. The largest absolute Gasteiger partial charge is 0.434 e. The maximum Gasteiger partial charge on any atom is 0.387 e. The number of nitro groups is 1. The van der Waals surface area contributed by atoms with E-state index < -0.39 is 11.5 Å². The quantitative estimate of drug-likeness (QED) is 0.596. The number of hydrogen-bond acceptors (Lipinski definition) is 4. The first-order valence-electron chi connectivity index (χ1n) is 6.63. The molecule has 5 nitrogen and oxygen atoms in total. The van der Waals surface area contributed by atoms with Crippen molar-refractivity contribution in [2.45, 2.75) is 19.7 Å². The molecule has 130 valence electrons. The first-order valence-corrected chi connectivity index (χ1v) is 6.63. The Morgan fingerprint density at radius 1 is 1.12 bits per heavy atom. The molecule has 1 N–H and O–H groups in total. The topological polar surface area (TPSA) is 64.4 Å². The SMILES string of the molecule is Cl.O=[N+]([O-])c1ccc(OC(F)F)c(CNCc2ccc(F)cc2)c1. The highest BCUT2D eigenvalue weighted by Crippen LogP contribution is 2.25. The molecule has 0 aliphatic carbocycles. The molecule has 0 atom stereocenters. The zero-order chi connectivity index (χ0) is 16.8. The number of hydrogen-bond donors (Lipinski definition) is 1. The fourth-order valence-electron chi connectivity index (χ4n) is 1.97. The van der Waals surface area contributed by atoms with Crippen molar-refractivity contribution >= 4 is 18.1 Å². The molecule has 0 spiro atoms. The molecule has 0 aliphatic heterocycles. The third-order valence-electron chi connectivity index (χ3n) is 3.03. The van der Waals surface area contributed by atoms with Crippen LogP contribution in [-0.4, -0.2) is 11.5 Å². The van der Waals surface area contributed by atoms with Gasteiger partial charge in [0.2, 0.25) is 0 Å². The summed E-state index contributed by atoms with van der Waals surface area (Å²) in [5.41, 5.74) is 0.806. The van der Waals surface area contributed by atoms with Gasteiger partial charge in [0.05, 0.1) is 4.92 Å². The smallest absolute Gasteiger partial charge is 0.387 e. The fraction of sp³-hybridized carbons (Fsp3) is 0.200. The lowest BCUT2D eigenvalue weighted by Gasteiger charge is -2.11. The minimum Gasteiger partial charge on any atom is -0.434 e. The number of ether oxygens (including phenoxy) is 1. The van der Waals surface area contributed by atoms with Gasteiger partial charge in [0, 0.05) is 30.8 Å². The number of nitrogens with zero attached hydrogens (tertiary/aromatic N) is 1. The van der Waals surface area contributed by atoms with Crippen LogP contribution in [-0.2, 0) is 13.1 Å². The second-order valence-corrected chi connectivity index (χ2v) is 4.66. The summed E-state index contributed by atoms with van der Waals surface area (Å²) in [4.78, 5) is 10.2. The number of halogens is 4. The van der Waals surface area contributed by atoms with Crippen molar-refractivity contribution in [3.8, 4) is 5.75 Å². The zero-order valence-electron chi connectivity index (χ0n) is 12.2. The van der Waals surface area contributed by atoms with Crippen molar-refractivity contribution in [3.05, 3.63) is 69.5 Å². The van der Waals surface area contributed by atoms with E-state index >= 15 is 0 Å². The van der Waals surface area contributed by atoms with Gasteiger partial charge in [-0.15, -0.1) is 12.4 Å². The number of nitrogens with one attached hydrogen (secondary N) is 1. The lowest BCUT2D eigenvalue weighted by molar-refractivity contribution is -0.385. The fourth-order valence-corrected chi connectivity index (χ4v) is 1.97. The molecule has 0 radical (unpaired) electrons. The van der Waals surface area contributed by atoms with Crippen LogP contribution in [0.3, 0.4) is 0 Å². The predicted molar refractivity (Wildman–Crippen MR) is 83.9 cm³/mol. The Labute approximate surface area is 142 Å². The molecule has 2 rings (SSSR count). The molecule has 0 saturated heterocycles. The van der Waals surface area contributed by atoms with Gasteiger partial charge in [-0.05, 0) is 23.8 Å². The van der Waals surface area contributed by atoms with Crippen molar-refractivity contribution in [1.29, 1.82) is 0 Å². The van der Waals surface area contributed by atoms with Gasteiger partial charge in [-0.2, -0.15) is 8.78 Å². The summed E-state index contributed by atoms with van der Waals surface area (Å²) in [7, 11) is 0. The van der Waals surface area contributed by atoms with Gasteiger partial charge in [0.1, 0.15) is 11.6 Å². The van der Waals surface area contributed by atoms with Crippen LogP contribution in [0.25, 0.3) is 0 Å². The van der Waals surface area contributed by atoms with Gasteiger partial charge in [-0.1, -0.05) is 12.1 Å². The van der Waals surface area contributed by atoms with Crippen molar-refractivity contribution in [2.75, 3.05) is 0 Å². The summed E-state index contributed by atoms with van der Waals surface area (Å²) in [5.74, 6) is -0.489. The Hall–Kier alpha value is -2.32. The van der Waals surface area contributed by atoms with E-state index in [1.54, 1.807) is 12.1 Å². The van der Waals surface area contributed by atoms with E-state index in [4.69, 9.17) is 0 Å². The minimum atomic E-state index is -3.02. The first kappa shape index (κ1) is 19.7. The molecule has 0 bridgehead atoms. The number of nitro benzene ring substituents is 1. The van der Waals surface area contributed by atoms with E-state index in [-0.39, 0.29) is 41.8 Å². The van der Waals surface area contributed by atoms with E-state index in [0.717, 1.165) is 17.7 Å². The van der Waals surface area contributed by atoms with E-state index in [1.165, 1.54) is 18.2 Å². The highest BCUT2D eigenvalue weighted by atomic mass is 35.5. The number of alkyl halides is 2. The van der Waals surface area contributed by atoms with Gasteiger partial charge in [-0.25, -0.2) is 4.39 Å². The highest BCUT2D eigenvalue weighted by Gasteiger charge is 2.14. The Bertz CT molecular complexity index is 684. The van der Waals surface area contributed by atoms with Crippen LogP contribution < -0.4 is 10.1 Å². The highest BCUT2D eigenvalue weighted by molar-refractivity contribution is 5.85. The van der Waals surface area contributed by atoms with Gasteiger partial charge in [0.25, 0.3) is 5.69 Å². The molecule has 0 aromatic heterocycles. The molecule has 2 aromatic rings. The van der Waals surface area contributed by atoms with Crippen molar-refractivity contribution in [1.82, 2.24) is 5.32 Å². The molecule has 0 amide bonds. The number of rotatable bonds is 7. The third kappa shape index (κ3) is 5.71. The molecule has 0 unspecified atom stereocenters. The molecule has 9 heteroatoms. The lowest BCUT2D eigenvalue weighted by Crippen LogP contribution is -2.14. The zero-order valence-corrected chi connectivity index (χ0v) is 13.1. The van der Waals surface area contributed by atoms with Crippen LogP contribution >= 0.6 is 12.4 Å². The van der Waals surface area contributed by atoms with Crippen LogP contribution in [0.15, 0.2) is 42.5 Å². The third-order valence-corrected chi connectivity index (χ3v) is 3.03. The molecule has 24 heavy (non-hydrogen) atoms. The normalized spacial score (nSPS) is 10.3. The molecule has 2 aromatic carbocycles.